The predicted molar refractivity (Wildman–Crippen MR) is 76.1 cm³/mol. The highest BCUT2D eigenvalue weighted by atomic mass is 16.3. The first-order valence-corrected chi connectivity index (χ1v) is 7.06. The largest absolute Gasteiger partial charge is 0.469 e. The Morgan fingerprint density at radius 1 is 1.37 bits per heavy atom. The molecule has 0 bridgehead atoms. The summed E-state index contributed by atoms with van der Waals surface area (Å²) in [6, 6.07) is 2.21. The van der Waals surface area contributed by atoms with Crippen LogP contribution < -0.4 is 5.32 Å². The first-order chi connectivity index (χ1) is 9.26. The summed E-state index contributed by atoms with van der Waals surface area (Å²) < 4.78 is 7.44. The van der Waals surface area contributed by atoms with Crippen molar-refractivity contribution in [1.29, 1.82) is 0 Å². The van der Waals surface area contributed by atoms with E-state index in [0.29, 0.717) is 0 Å². The molecule has 0 aliphatic heterocycles. The Balaban J connectivity index is 2.23. The van der Waals surface area contributed by atoms with Crippen LogP contribution in [0.25, 0.3) is 0 Å². The second-order valence-corrected chi connectivity index (χ2v) is 4.86. The summed E-state index contributed by atoms with van der Waals surface area (Å²) in [7, 11) is 0. The zero-order valence-corrected chi connectivity index (χ0v) is 12.0. The van der Waals surface area contributed by atoms with Gasteiger partial charge in [-0.25, -0.2) is 0 Å². The van der Waals surface area contributed by atoms with Crippen LogP contribution in [-0.4, -0.2) is 16.3 Å². The normalized spacial score (nSPS) is 12.8. The highest BCUT2D eigenvalue weighted by Gasteiger charge is 2.18. The van der Waals surface area contributed by atoms with Crippen molar-refractivity contribution in [2.45, 2.75) is 46.2 Å². The highest BCUT2D eigenvalue weighted by Crippen LogP contribution is 2.25. The third kappa shape index (κ3) is 3.26. The number of rotatable bonds is 7. The molecule has 4 nitrogen and oxygen atoms in total. The Morgan fingerprint density at radius 3 is 2.84 bits per heavy atom. The highest BCUT2D eigenvalue weighted by molar-refractivity contribution is 5.30. The van der Waals surface area contributed by atoms with Crippen molar-refractivity contribution < 1.29 is 4.42 Å². The lowest BCUT2D eigenvalue weighted by atomic mass is 10.0. The summed E-state index contributed by atoms with van der Waals surface area (Å²) in [6.45, 7) is 8.28. The lowest BCUT2D eigenvalue weighted by molar-refractivity contribution is 0.517. The van der Waals surface area contributed by atoms with Gasteiger partial charge in [0.05, 0.1) is 18.5 Å². The quantitative estimate of drug-likeness (QED) is 0.831. The molecule has 0 amide bonds. The number of furan rings is 1. The number of aryl methyl sites for hydroxylation is 2. The van der Waals surface area contributed by atoms with Crippen LogP contribution in [0.3, 0.4) is 0 Å². The Morgan fingerprint density at radius 2 is 2.21 bits per heavy atom. The van der Waals surface area contributed by atoms with Gasteiger partial charge in [-0.3, -0.25) is 4.68 Å². The molecule has 0 aromatic carbocycles. The average Bonchev–Trinajstić information content (AvgIpc) is 3.01. The fraction of sp³-hybridized carbons (Fsp3) is 0.533. The third-order valence-electron chi connectivity index (χ3n) is 3.25. The number of nitrogens with one attached hydrogen (secondary N) is 1. The number of hydrogen-bond donors (Lipinski definition) is 1. The number of hydrogen-bond acceptors (Lipinski definition) is 3. The van der Waals surface area contributed by atoms with Crippen LogP contribution in [0.2, 0.25) is 0 Å². The molecule has 0 saturated carbocycles. The van der Waals surface area contributed by atoms with Crippen molar-refractivity contribution in [1.82, 2.24) is 15.1 Å². The van der Waals surface area contributed by atoms with E-state index in [1.54, 1.807) is 6.26 Å². The monoisotopic (exact) mass is 261 g/mol. The van der Waals surface area contributed by atoms with Gasteiger partial charge in [0, 0.05) is 23.9 Å². The molecule has 2 rings (SSSR count). The van der Waals surface area contributed by atoms with Crippen molar-refractivity contribution in [2.24, 2.45) is 0 Å². The molecule has 0 fully saturated rings. The number of nitrogens with zero attached hydrogens (tertiary/aromatic N) is 2. The lowest BCUT2D eigenvalue weighted by Crippen LogP contribution is -2.23. The van der Waals surface area contributed by atoms with Crippen molar-refractivity contribution in [3.8, 4) is 0 Å². The molecule has 0 aliphatic carbocycles. The van der Waals surface area contributed by atoms with Gasteiger partial charge in [-0.15, -0.1) is 0 Å². The van der Waals surface area contributed by atoms with Crippen LogP contribution in [0.1, 0.15) is 49.6 Å². The van der Waals surface area contributed by atoms with E-state index >= 15 is 0 Å². The second kappa shape index (κ2) is 6.57. The maximum atomic E-state index is 5.43. The van der Waals surface area contributed by atoms with E-state index in [0.717, 1.165) is 31.7 Å². The van der Waals surface area contributed by atoms with Gasteiger partial charge in [0.25, 0.3) is 0 Å². The fourth-order valence-corrected chi connectivity index (χ4v) is 2.27. The fourth-order valence-electron chi connectivity index (χ4n) is 2.27. The lowest BCUT2D eigenvalue weighted by Gasteiger charge is -2.16. The van der Waals surface area contributed by atoms with Gasteiger partial charge in [0.15, 0.2) is 0 Å². The van der Waals surface area contributed by atoms with Crippen molar-refractivity contribution in [3.05, 3.63) is 41.6 Å². The van der Waals surface area contributed by atoms with Gasteiger partial charge >= 0.3 is 0 Å². The Hall–Kier alpha value is -1.55. The SMILES string of the molecule is CCCNC(c1cnn(CCC)c1)c1ccoc1C. The summed E-state index contributed by atoms with van der Waals surface area (Å²) in [5.74, 6) is 0.969. The van der Waals surface area contributed by atoms with Crippen molar-refractivity contribution in [3.63, 3.8) is 0 Å². The first kappa shape index (κ1) is 13.9. The Bertz CT molecular complexity index is 501. The molecule has 0 spiro atoms. The van der Waals surface area contributed by atoms with Gasteiger partial charge in [0.1, 0.15) is 5.76 Å². The molecular formula is C15H23N3O. The second-order valence-electron chi connectivity index (χ2n) is 4.86. The third-order valence-corrected chi connectivity index (χ3v) is 3.25. The molecule has 2 heterocycles. The summed E-state index contributed by atoms with van der Waals surface area (Å²) in [5.41, 5.74) is 2.40. The van der Waals surface area contributed by atoms with E-state index in [1.165, 1.54) is 11.1 Å². The molecule has 104 valence electrons. The molecule has 0 radical (unpaired) electrons. The van der Waals surface area contributed by atoms with Crippen LogP contribution in [-0.2, 0) is 6.54 Å². The van der Waals surface area contributed by atoms with Gasteiger partial charge in [-0.2, -0.15) is 5.10 Å². The van der Waals surface area contributed by atoms with Gasteiger partial charge in [0.2, 0.25) is 0 Å². The standard InChI is InChI=1S/C15H23N3O/c1-4-7-16-15(14-6-9-19-12(14)3)13-10-17-18(11-13)8-5-2/h6,9-11,15-16H,4-5,7-8H2,1-3H3. The molecule has 0 aliphatic rings. The van der Waals surface area contributed by atoms with E-state index in [9.17, 15) is 0 Å². The topological polar surface area (TPSA) is 43.0 Å². The summed E-state index contributed by atoms with van der Waals surface area (Å²) in [4.78, 5) is 0. The molecule has 2 aromatic rings. The van der Waals surface area contributed by atoms with E-state index in [2.05, 4.69) is 30.5 Å². The maximum absolute atomic E-state index is 5.43. The van der Waals surface area contributed by atoms with Crippen LogP contribution >= 0.6 is 0 Å². The number of aromatic nitrogens is 2. The molecule has 19 heavy (non-hydrogen) atoms. The minimum absolute atomic E-state index is 0.171. The summed E-state index contributed by atoms with van der Waals surface area (Å²) in [6.07, 6.45) is 8.04. The molecule has 1 unspecified atom stereocenters. The average molecular weight is 261 g/mol. The van der Waals surface area contributed by atoms with Crippen LogP contribution in [0.15, 0.2) is 29.1 Å². The molecular weight excluding hydrogens is 238 g/mol. The zero-order valence-electron chi connectivity index (χ0n) is 12.0. The van der Waals surface area contributed by atoms with Gasteiger partial charge in [-0.1, -0.05) is 13.8 Å². The molecule has 0 saturated heterocycles. The zero-order chi connectivity index (χ0) is 13.7. The molecule has 1 atom stereocenters. The summed E-state index contributed by atoms with van der Waals surface area (Å²) in [5, 5.41) is 7.99. The van der Waals surface area contributed by atoms with Gasteiger partial charge in [-0.05, 0) is 32.4 Å². The van der Waals surface area contributed by atoms with Crippen molar-refractivity contribution >= 4 is 0 Å². The summed E-state index contributed by atoms with van der Waals surface area (Å²) >= 11 is 0. The van der Waals surface area contributed by atoms with Crippen LogP contribution in [0, 0.1) is 6.92 Å². The Labute approximate surface area is 114 Å². The van der Waals surface area contributed by atoms with E-state index in [1.807, 2.05) is 23.9 Å². The molecule has 2 aromatic heterocycles. The van der Waals surface area contributed by atoms with E-state index in [-0.39, 0.29) is 6.04 Å². The van der Waals surface area contributed by atoms with Crippen LogP contribution in [0.4, 0.5) is 0 Å². The smallest absolute Gasteiger partial charge is 0.105 e. The maximum Gasteiger partial charge on any atom is 0.105 e. The molecule has 1 N–H and O–H groups in total. The van der Waals surface area contributed by atoms with Gasteiger partial charge < -0.3 is 9.73 Å². The molecule has 4 heteroatoms. The Kier molecular flexibility index (Phi) is 4.80. The van der Waals surface area contributed by atoms with Crippen LogP contribution in [0.5, 0.6) is 0 Å². The first-order valence-electron chi connectivity index (χ1n) is 7.06. The van der Waals surface area contributed by atoms with E-state index in [4.69, 9.17) is 4.42 Å². The van der Waals surface area contributed by atoms with E-state index < -0.39 is 0 Å². The minimum atomic E-state index is 0.171. The van der Waals surface area contributed by atoms with Crippen molar-refractivity contribution in [2.75, 3.05) is 6.54 Å². The predicted octanol–water partition coefficient (Wildman–Crippen LogP) is 3.28. The minimum Gasteiger partial charge on any atom is -0.469 e.